The number of anilines is 1. The summed E-state index contributed by atoms with van der Waals surface area (Å²) in [5, 5.41) is 4.33. The van der Waals surface area contributed by atoms with Crippen molar-refractivity contribution in [3.05, 3.63) is 36.8 Å². The van der Waals surface area contributed by atoms with E-state index in [0.29, 0.717) is 43.5 Å². The molecule has 0 amide bonds. The molecule has 28 heavy (non-hydrogen) atoms. The highest BCUT2D eigenvalue weighted by Crippen LogP contribution is 2.31. The summed E-state index contributed by atoms with van der Waals surface area (Å²) in [5.74, 6) is 1.19. The number of rotatable bonds is 4. The van der Waals surface area contributed by atoms with Crippen LogP contribution < -0.4 is 9.64 Å². The van der Waals surface area contributed by atoms with Gasteiger partial charge >= 0.3 is 6.18 Å². The summed E-state index contributed by atoms with van der Waals surface area (Å²) in [5.41, 5.74) is 2.20. The minimum absolute atomic E-state index is 0.342. The van der Waals surface area contributed by atoms with Crippen molar-refractivity contribution in [1.29, 1.82) is 0 Å². The Morgan fingerprint density at radius 2 is 1.89 bits per heavy atom. The van der Waals surface area contributed by atoms with Crippen molar-refractivity contribution in [2.24, 2.45) is 0 Å². The fourth-order valence-corrected chi connectivity index (χ4v) is 3.37. The van der Waals surface area contributed by atoms with Crippen molar-refractivity contribution < 1.29 is 17.9 Å². The predicted octanol–water partition coefficient (Wildman–Crippen LogP) is 2.48. The molecule has 7 nitrogen and oxygen atoms in total. The van der Waals surface area contributed by atoms with Crippen molar-refractivity contribution in [3.63, 3.8) is 0 Å². The number of fused-ring (bicyclic) bond motifs is 1. The Morgan fingerprint density at radius 3 is 2.61 bits per heavy atom. The van der Waals surface area contributed by atoms with E-state index in [1.807, 2.05) is 23.1 Å². The SMILES string of the molecule is COc1ncccc1-c1cnn2ccc(N3CCN(CC(F)(F)F)CC3)nc12. The summed E-state index contributed by atoms with van der Waals surface area (Å²) >= 11 is 0. The largest absolute Gasteiger partial charge is 0.481 e. The van der Waals surface area contributed by atoms with Crippen LogP contribution in [-0.2, 0) is 0 Å². The molecule has 1 saturated heterocycles. The summed E-state index contributed by atoms with van der Waals surface area (Å²) in [6, 6.07) is 5.52. The zero-order chi connectivity index (χ0) is 19.7. The number of nitrogens with zero attached hydrogens (tertiary/aromatic N) is 6. The van der Waals surface area contributed by atoms with Crippen molar-refractivity contribution in [2.45, 2.75) is 6.18 Å². The van der Waals surface area contributed by atoms with Gasteiger partial charge in [-0.15, -0.1) is 0 Å². The van der Waals surface area contributed by atoms with Crippen molar-refractivity contribution in [1.82, 2.24) is 24.5 Å². The van der Waals surface area contributed by atoms with Gasteiger partial charge in [0.2, 0.25) is 5.88 Å². The summed E-state index contributed by atoms with van der Waals surface area (Å²) in [6.45, 7) is 0.780. The zero-order valence-corrected chi connectivity index (χ0v) is 15.2. The third-order valence-corrected chi connectivity index (χ3v) is 4.71. The molecule has 1 aliphatic heterocycles. The zero-order valence-electron chi connectivity index (χ0n) is 15.2. The van der Waals surface area contributed by atoms with Gasteiger partial charge in [0.15, 0.2) is 5.65 Å². The van der Waals surface area contributed by atoms with Crippen molar-refractivity contribution in [2.75, 3.05) is 44.7 Å². The first-order chi connectivity index (χ1) is 13.4. The average molecular weight is 392 g/mol. The first-order valence-corrected chi connectivity index (χ1v) is 8.82. The molecule has 0 unspecified atom stereocenters. The molecule has 1 fully saturated rings. The highest BCUT2D eigenvalue weighted by atomic mass is 19.4. The lowest BCUT2D eigenvalue weighted by atomic mass is 10.1. The maximum absolute atomic E-state index is 12.6. The lowest BCUT2D eigenvalue weighted by Crippen LogP contribution is -2.49. The Bertz CT molecular complexity index is 965. The number of aromatic nitrogens is 4. The third kappa shape index (κ3) is 3.72. The second kappa shape index (κ2) is 7.27. The standard InChI is InChI=1S/C18H19F3N6O/c1-28-17-13(3-2-5-22-17)14-11-23-27-6-4-15(24-16(14)27)26-9-7-25(8-10-26)12-18(19,20)21/h2-6,11H,7-10,12H2,1H3. The molecule has 3 aromatic rings. The molecular formula is C18H19F3N6O. The lowest BCUT2D eigenvalue weighted by molar-refractivity contribution is -0.146. The van der Waals surface area contributed by atoms with Crippen LogP contribution in [0.1, 0.15) is 0 Å². The first kappa shape index (κ1) is 18.5. The van der Waals surface area contributed by atoms with Gasteiger partial charge in [0.1, 0.15) is 5.82 Å². The molecular weight excluding hydrogens is 373 g/mol. The molecule has 0 spiro atoms. The van der Waals surface area contributed by atoms with Crippen LogP contribution in [0.3, 0.4) is 0 Å². The Morgan fingerprint density at radius 1 is 1.11 bits per heavy atom. The fraction of sp³-hybridized carbons (Fsp3) is 0.389. The summed E-state index contributed by atoms with van der Waals surface area (Å²) < 4.78 is 44.7. The van der Waals surface area contributed by atoms with E-state index in [-0.39, 0.29) is 0 Å². The Kier molecular flexibility index (Phi) is 4.80. The Hall–Kier alpha value is -2.88. The van der Waals surface area contributed by atoms with E-state index < -0.39 is 12.7 Å². The average Bonchev–Trinajstić information content (AvgIpc) is 3.10. The van der Waals surface area contributed by atoms with Gasteiger partial charge in [0, 0.05) is 44.1 Å². The second-order valence-electron chi connectivity index (χ2n) is 6.55. The number of piperazine rings is 1. The maximum atomic E-state index is 12.6. The molecule has 10 heteroatoms. The lowest BCUT2D eigenvalue weighted by Gasteiger charge is -2.35. The molecule has 3 aromatic heterocycles. The molecule has 0 radical (unpaired) electrons. The molecule has 148 valence electrons. The summed E-state index contributed by atoms with van der Waals surface area (Å²) in [4.78, 5) is 12.3. The van der Waals surface area contributed by atoms with E-state index in [0.717, 1.165) is 11.1 Å². The molecule has 0 aromatic carbocycles. The summed E-state index contributed by atoms with van der Waals surface area (Å²) in [6.07, 6.45) is 0.973. The number of ether oxygens (including phenoxy) is 1. The predicted molar refractivity (Wildman–Crippen MR) is 97.5 cm³/mol. The molecule has 4 heterocycles. The number of pyridine rings is 1. The van der Waals surface area contributed by atoms with Crippen LogP contribution in [0.25, 0.3) is 16.8 Å². The number of hydrogen-bond acceptors (Lipinski definition) is 6. The van der Waals surface area contributed by atoms with Crippen LogP contribution >= 0.6 is 0 Å². The third-order valence-electron chi connectivity index (χ3n) is 4.71. The number of methoxy groups -OCH3 is 1. The van der Waals surface area contributed by atoms with Gasteiger partial charge in [-0.05, 0) is 18.2 Å². The Labute approximate surface area is 159 Å². The van der Waals surface area contributed by atoms with Crippen LogP contribution in [0.5, 0.6) is 5.88 Å². The van der Waals surface area contributed by atoms with Crippen LogP contribution in [-0.4, -0.2) is 70.5 Å². The van der Waals surface area contributed by atoms with E-state index in [1.165, 1.54) is 4.90 Å². The van der Waals surface area contributed by atoms with E-state index in [4.69, 9.17) is 9.72 Å². The van der Waals surface area contributed by atoms with Gasteiger partial charge in [-0.3, -0.25) is 4.90 Å². The molecule has 1 aliphatic rings. The quantitative estimate of drug-likeness (QED) is 0.680. The monoisotopic (exact) mass is 392 g/mol. The molecule has 0 saturated carbocycles. The highest BCUT2D eigenvalue weighted by Gasteiger charge is 2.32. The van der Waals surface area contributed by atoms with Crippen LogP contribution in [0.15, 0.2) is 36.8 Å². The van der Waals surface area contributed by atoms with Crippen molar-refractivity contribution in [3.8, 4) is 17.0 Å². The highest BCUT2D eigenvalue weighted by molar-refractivity contribution is 5.80. The topological polar surface area (TPSA) is 58.8 Å². The van der Waals surface area contributed by atoms with Crippen molar-refractivity contribution >= 4 is 11.5 Å². The van der Waals surface area contributed by atoms with E-state index in [2.05, 4.69) is 10.1 Å². The van der Waals surface area contributed by atoms with E-state index >= 15 is 0 Å². The van der Waals surface area contributed by atoms with Crippen LogP contribution in [0.2, 0.25) is 0 Å². The molecule has 0 bridgehead atoms. The number of halogens is 3. The fourth-order valence-electron chi connectivity index (χ4n) is 3.37. The van der Waals surface area contributed by atoms with Gasteiger partial charge in [-0.25, -0.2) is 14.5 Å². The van der Waals surface area contributed by atoms with E-state index in [1.54, 1.807) is 30.2 Å². The first-order valence-electron chi connectivity index (χ1n) is 8.82. The van der Waals surface area contributed by atoms with Gasteiger partial charge in [0.05, 0.1) is 25.4 Å². The number of alkyl halides is 3. The second-order valence-corrected chi connectivity index (χ2v) is 6.55. The molecule has 0 aliphatic carbocycles. The molecule has 4 rings (SSSR count). The maximum Gasteiger partial charge on any atom is 0.401 e. The Balaban J connectivity index is 1.59. The normalized spacial score (nSPS) is 15.9. The minimum atomic E-state index is -4.17. The van der Waals surface area contributed by atoms with Gasteiger partial charge in [-0.2, -0.15) is 18.3 Å². The number of hydrogen-bond donors (Lipinski definition) is 0. The van der Waals surface area contributed by atoms with Gasteiger partial charge in [0.25, 0.3) is 0 Å². The molecule has 0 N–H and O–H groups in total. The van der Waals surface area contributed by atoms with Crippen LogP contribution in [0, 0.1) is 0 Å². The minimum Gasteiger partial charge on any atom is -0.481 e. The van der Waals surface area contributed by atoms with Gasteiger partial charge in [-0.1, -0.05) is 0 Å². The smallest absolute Gasteiger partial charge is 0.401 e. The molecule has 0 atom stereocenters. The summed E-state index contributed by atoms with van der Waals surface area (Å²) in [7, 11) is 1.55. The van der Waals surface area contributed by atoms with Gasteiger partial charge < -0.3 is 9.64 Å². The van der Waals surface area contributed by atoms with Crippen LogP contribution in [0.4, 0.5) is 19.0 Å². The van der Waals surface area contributed by atoms with E-state index in [9.17, 15) is 13.2 Å².